The van der Waals surface area contributed by atoms with Gasteiger partial charge < -0.3 is 4.74 Å². The summed E-state index contributed by atoms with van der Waals surface area (Å²) in [5, 5.41) is 7.90. The normalized spacial score (nSPS) is 7.00. The average molecular weight is 111 g/mol. The topological polar surface area (TPSA) is 50.1 Å². The molecule has 0 saturated heterocycles. The molecule has 0 heterocycles. The molecule has 0 aliphatic heterocycles. The number of carbonyl (C=O) groups excluding carboxylic acids is 1. The van der Waals surface area contributed by atoms with Crippen molar-refractivity contribution in [2.75, 3.05) is 7.11 Å². The Morgan fingerprint density at radius 3 is 2.50 bits per heavy atom. The highest BCUT2D eigenvalue weighted by molar-refractivity contribution is 6.04. The highest BCUT2D eigenvalue weighted by Gasteiger charge is 2.01. The van der Waals surface area contributed by atoms with Crippen LogP contribution >= 0.6 is 0 Å². The third-order valence-electron chi connectivity index (χ3n) is 0.601. The van der Waals surface area contributed by atoms with Crippen LogP contribution in [0.15, 0.2) is 12.3 Å². The molecular weight excluding hydrogens is 106 g/mol. The predicted molar refractivity (Wildman–Crippen MR) is 26.8 cm³/mol. The fraction of sp³-hybridized carbons (Fsp3) is 0.200. The van der Waals surface area contributed by atoms with Crippen molar-refractivity contribution in [2.45, 2.75) is 0 Å². The molecule has 42 valence electrons. The number of methoxy groups -OCH3 is 1. The van der Waals surface area contributed by atoms with Gasteiger partial charge >= 0.3 is 0 Å². The van der Waals surface area contributed by atoms with E-state index in [1.54, 1.807) is 0 Å². The molecule has 0 aromatic rings. The van der Waals surface area contributed by atoms with Crippen LogP contribution in [0, 0.1) is 11.3 Å². The molecule has 0 atom stereocenters. The lowest BCUT2D eigenvalue weighted by Gasteiger charge is -1.91. The molecule has 0 bridgehead atoms. The summed E-state index contributed by atoms with van der Waals surface area (Å²) >= 11 is 0. The van der Waals surface area contributed by atoms with Gasteiger partial charge in [-0.25, -0.2) is 0 Å². The molecule has 0 saturated carbocycles. The van der Waals surface area contributed by atoms with Gasteiger partial charge in [-0.1, -0.05) is 6.58 Å². The summed E-state index contributed by atoms with van der Waals surface area (Å²) in [6.45, 7) is 3.15. The SMILES string of the molecule is C=C(OC)C(=O)C#N. The highest BCUT2D eigenvalue weighted by atomic mass is 16.5. The molecule has 0 rings (SSSR count). The van der Waals surface area contributed by atoms with Crippen molar-refractivity contribution in [3.63, 3.8) is 0 Å². The summed E-state index contributed by atoms with van der Waals surface area (Å²) in [5.74, 6) is -0.847. The zero-order chi connectivity index (χ0) is 6.57. The number of ketones is 1. The van der Waals surface area contributed by atoms with E-state index in [1.807, 2.05) is 0 Å². The Hall–Kier alpha value is -1.30. The Morgan fingerprint density at radius 2 is 2.38 bits per heavy atom. The number of nitriles is 1. The van der Waals surface area contributed by atoms with Crippen LogP contribution in [0.4, 0.5) is 0 Å². The van der Waals surface area contributed by atoms with Gasteiger partial charge in [-0.15, -0.1) is 0 Å². The maximum Gasteiger partial charge on any atom is 0.295 e. The first-order valence-corrected chi connectivity index (χ1v) is 1.89. The van der Waals surface area contributed by atoms with E-state index in [9.17, 15) is 4.79 Å². The van der Waals surface area contributed by atoms with Crippen molar-refractivity contribution < 1.29 is 9.53 Å². The van der Waals surface area contributed by atoms with Crippen LogP contribution in [0.2, 0.25) is 0 Å². The van der Waals surface area contributed by atoms with Gasteiger partial charge in [-0.05, 0) is 0 Å². The zero-order valence-electron chi connectivity index (χ0n) is 4.47. The number of Topliss-reactive ketones (excluding diaryl/α,β-unsaturated/α-hetero) is 1. The van der Waals surface area contributed by atoms with Gasteiger partial charge in [0.15, 0.2) is 5.76 Å². The van der Waals surface area contributed by atoms with Crippen molar-refractivity contribution in [1.29, 1.82) is 5.26 Å². The quantitative estimate of drug-likeness (QED) is 0.291. The second kappa shape index (κ2) is 2.80. The second-order valence-electron chi connectivity index (χ2n) is 1.07. The van der Waals surface area contributed by atoms with Gasteiger partial charge in [0.25, 0.3) is 5.78 Å². The third-order valence-corrected chi connectivity index (χ3v) is 0.601. The molecule has 3 nitrogen and oxygen atoms in total. The monoisotopic (exact) mass is 111 g/mol. The van der Waals surface area contributed by atoms with Crippen LogP contribution in [-0.4, -0.2) is 12.9 Å². The minimum absolute atomic E-state index is 0.118. The van der Waals surface area contributed by atoms with E-state index >= 15 is 0 Å². The first kappa shape index (κ1) is 6.70. The minimum atomic E-state index is -0.729. The summed E-state index contributed by atoms with van der Waals surface area (Å²) in [5.41, 5.74) is 0. The lowest BCUT2D eigenvalue weighted by molar-refractivity contribution is -0.113. The molecule has 0 aliphatic carbocycles. The number of rotatable bonds is 2. The van der Waals surface area contributed by atoms with Crippen LogP contribution in [0.3, 0.4) is 0 Å². The molecule has 0 amide bonds. The van der Waals surface area contributed by atoms with Crippen LogP contribution in [0.1, 0.15) is 0 Å². The third kappa shape index (κ3) is 1.43. The smallest absolute Gasteiger partial charge is 0.295 e. The van der Waals surface area contributed by atoms with Crippen molar-refractivity contribution in [3.05, 3.63) is 12.3 Å². The highest BCUT2D eigenvalue weighted by Crippen LogP contribution is 1.88. The Labute approximate surface area is 47.2 Å². The van der Waals surface area contributed by atoms with Gasteiger partial charge in [-0.2, -0.15) is 5.26 Å². The molecule has 0 N–H and O–H groups in total. The van der Waals surface area contributed by atoms with Gasteiger partial charge in [0, 0.05) is 0 Å². The van der Waals surface area contributed by atoms with E-state index in [0.29, 0.717) is 0 Å². The Bertz CT molecular complexity index is 154. The van der Waals surface area contributed by atoms with E-state index in [4.69, 9.17) is 5.26 Å². The first-order valence-electron chi connectivity index (χ1n) is 1.89. The predicted octanol–water partition coefficient (Wildman–Crippen LogP) is 0.239. The molecule has 3 heteroatoms. The fourth-order valence-electron chi connectivity index (χ4n) is 0.155. The first-order chi connectivity index (χ1) is 3.72. The zero-order valence-corrected chi connectivity index (χ0v) is 4.47. The summed E-state index contributed by atoms with van der Waals surface area (Å²) < 4.78 is 4.34. The second-order valence-corrected chi connectivity index (χ2v) is 1.07. The Kier molecular flexibility index (Phi) is 2.35. The Balaban J connectivity index is 3.89. The van der Waals surface area contributed by atoms with Gasteiger partial charge in [0.1, 0.15) is 6.07 Å². The summed E-state index contributed by atoms with van der Waals surface area (Å²) in [7, 11) is 1.29. The van der Waals surface area contributed by atoms with Crippen molar-refractivity contribution in [2.24, 2.45) is 0 Å². The summed E-state index contributed by atoms with van der Waals surface area (Å²) in [6, 6.07) is 1.35. The number of nitrogens with zero attached hydrogens (tertiary/aromatic N) is 1. The maximum absolute atomic E-state index is 10.2. The molecular formula is C5H5NO2. The summed E-state index contributed by atoms with van der Waals surface area (Å²) in [6.07, 6.45) is 0. The van der Waals surface area contributed by atoms with Gasteiger partial charge in [0.05, 0.1) is 7.11 Å². The largest absolute Gasteiger partial charge is 0.492 e. The molecule has 0 radical (unpaired) electrons. The number of ether oxygens (including phenoxy) is 1. The van der Waals surface area contributed by atoms with Crippen LogP contribution < -0.4 is 0 Å². The standard InChI is InChI=1S/C5H5NO2/c1-4(8-2)5(7)3-6/h1H2,2H3. The van der Waals surface area contributed by atoms with E-state index in [1.165, 1.54) is 13.2 Å². The van der Waals surface area contributed by atoms with Crippen molar-refractivity contribution >= 4 is 5.78 Å². The molecule has 0 aromatic carbocycles. The number of hydrogen-bond donors (Lipinski definition) is 0. The Morgan fingerprint density at radius 1 is 1.88 bits per heavy atom. The molecule has 0 fully saturated rings. The maximum atomic E-state index is 10.2. The fourth-order valence-corrected chi connectivity index (χ4v) is 0.155. The number of carbonyl (C=O) groups is 1. The molecule has 0 spiro atoms. The van der Waals surface area contributed by atoms with Crippen LogP contribution in [0.5, 0.6) is 0 Å². The van der Waals surface area contributed by atoms with Crippen molar-refractivity contribution in [3.8, 4) is 6.07 Å². The van der Waals surface area contributed by atoms with Crippen LogP contribution in [0.25, 0.3) is 0 Å². The number of hydrogen-bond acceptors (Lipinski definition) is 3. The number of allylic oxidation sites excluding steroid dienone is 1. The van der Waals surface area contributed by atoms with Gasteiger partial charge in [0.2, 0.25) is 0 Å². The minimum Gasteiger partial charge on any atom is -0.492 e. The lowest BCUT2D eigenvalue weighted by atomic mass is 10.4. The van der Waals surface area contributed by atoms with E-state index in [2.05, 4.69) is 11.3 Å². The molecule has 0 aromatic heterocycles. The van der Waals surface area contributed by atoms with Crippen molar-refractivity contribution in [1.82, 2.24) is 0 Å². The molecule has 8 heavy (non-hydrogen) atoms. The molecule has 0 unspecified atom stereocenters. The van der Waals surface area contributed by atoms with E-state index in [0.717, 1.165) is 0 Å². The summed E-state index contributed by atoms with van der Waals surface area (Å²) in [4.78, 5) is 10.2. The average Bonchev–Trinajstić information content (AvgIpc) is 1.84. The lowest BCUT2D eigenvalue weighted by Crippen LogP contribution is -1.97. The van der Waals surface area contributed by atoms with Crippen LogP contribution in [-0.2, 0) is 9.53 Å². The van der Waals surface area contributed by atoms with Gasteiger partial charge in [-0.3, -0.25) is 4.79 Å². The van der Waals surface area contributed by atoms with E-state index in [-0.39, 0.29) is 5.76 Å². The molecule has 0 aliphatic rings. The van der Waals surface area contributed by atoms with E-state index < -0.39 is 5.78 Å².